The van der Waals surface area contributed by atoms with Gasteiger partial charge in [0.15, 0.2) is 4.34 Å². The number of hydrogen-bond donors (Lipinski definition) is 1. The third kappa shape index (κ3) is 5.67. The number of anilines is 1. The van der Waals surface area contributed by atoms with Crippen LogP contribution < -0.4 is 9.64 Å². The minimum absolute atomic E-state index is 0.0206. The lowest BCUT2D eigenvalue weighted by atomic mass is 9.95. The minimum atomic E-state index is -0.880. The van der Waals surface area contributed by atoms with E-state index in [0.29, 0.717) is 43.6 Å². The molecule has 0 spiro atoms. The molecule has 1 amide bonds. The highest BCUT2D eigenvalue weighted by Crippen LogP contribution is 2.44. The summed E-state index contributed by atoms with van der Waals surface area (Å²) in [7, 11) is 0. The summed E-state index contributed by atoms with van der Waals surface area (Å²) >= 11 is 14.9. The zero-order valence-corrected chi connectivity index (χ0v) is 23.7. The zero-order valence-electron chi connectivity index (χ0n) is 20.5. The maximum atomic E-state index is 13.4. The lowest BCUT2D eigenvalue weighted by Gasteiger charge is -2.22. The van der Waals surface area contributed by atoms with Crippen LogP contribution >= 0.6 is 46.3 Å². The molecule has 0 bridgehead atoms. The zero-order chi connectivity index (χ0) is 27.5. The summed E-state index contributed by atoms with van der Waals surface area (Å²) < 4.78 is 6.07. The molecule has 1 N–H and O–H groups in total. The van der Waals surface area contributed by atoms with Crippen molar-refractivity contribution in [1.82, 2.24) is 10.2 Å². The van der Waals surface area contributed by atoms with Gasteiger partial charge in [0.2, 0.25) is 5.13 Å². The number of aliphatic hydroxyl groups is 1. The number of carbonyl (C=O) groups excluding carboxylic acids is 2. The van der Waals surface area contributed by atoms with Gasteiger partial charge in [-0.05, 0) is 54.4 Å². The Morgan fingerprint density at radius 3 is 2.49 bits per heavy atom. The van der Waals surface area contributed by atoms with Crippen LogP contribution in [0.3, 0.4) is 0 Å². The van der Waals surface area contributed by atoms with E-state index in [2.05, 4.69) is 10.2 Å². The second-order valence-corrected chi connectivity index (χ2v) is 11.4. The van der Waals surface area contributed by atoms with E-state index in [4.69, 9.17) is 27.9 Å². The van der Waals surface area contributed by atoms with E-state index in [9.17, 15) is 14.7 Å². The van der Waals surface area contributed by atoms with Crippen molar-refractivity contribution >= 4 is 68.9 Å². The Hall–Kier alpha value is -3.37. The average Bonchev–Trinajstić information content (AvgIpc) is 3.51. The van der Waals surface area contributed by atoms with Crippen molar-refractivity contribution in [2.75, 3.05) is 11.5 Å². The Kier molecular flexibility index (Phi) is 8.23. The molecule has 0 aliphatic carbocycles. The fraction of sp³-hybridized carbons (Fsp3) is 0.143. The van der Waals surface area contributed by atoms with E-state index in [1.54, 1.807) is 48.5 Å². The Labute approximate surface area is 243 Å². The molecule has 198 valence electrons. The van der Waals surface area contributed by atoms with Gasteiger partial charge in [-0.3, -0.25) is 14.5 Å². The Morgan fingerprint density at radius 1 is 1.05 bits per heavy atom. The highest BCUT2D eigenvalue weighted by Gasteiger charge is 2.48. The number of ether oxygens (including phenoxy) is 1. The van der Waals surface area contributed by atoms with Crippen molar-refractivity contribution in [2.45, 2.75) is 23.1 Å². The first kappa shape index (κ1) is 27.2. The van der Waals surface area contributed by atoms with Gasteiger partial charge >= 0.3 is 5.91 Å². The van der Waals surface area contributed by atoms with Crippen LogP contribution in [0.1, 0.15) is 29.7 Å². The molecule has 1 aromatic heterocycles. The van der Waals surface area contributed by atoms with E-state index in [1.165, 1.54) is 28.0 Å². The number of hydrogen-bond acceptors (Lipinski definition) is 8. The number of carbonyl (C=O) groups is 2. The fourth-order valence-corrected chi connectivity index (χ4v) is 6.57. The van der Waals surface area contributed by atoms with Crippen molar-refractivity contribution in [1.29, 1.82) is 0 Å². The second kappa shape index (κ2) is 11.8. The lowest BCUT2D eigenvalue weighted by Crippen LogP contribution is -2.29. The summed E-state index contributed by atoms with van der Waals surface area (Å²) in [6.07, 6.45) is 0. The van der Waals surface area contributed by atoms with E-state index in [-0.39, 0.29) is 16.5 Å². The van der Waals surface area contributed by atoms with Crippen LogP contribution in [-0.2, 0) is 15.3 Å². The molecule has 1 saturated heterocycles. The monoisotopic (exact) mass is 597 g/mol. The van der Waals surface area contributed by atoms with Gasteiger partial charge < -0.3 is 9.84 Å². The molecule has 1 fully saturated rings. The predicted molar refractivity (Wildman–Crippen MR) is 155 cm³/mol. The van der Waals surface area contributed by atoms with Crippen LogP contribution in [0.4, 0.5) is 5.13 Å². The summed E-state index contributed by atoms with van der Waals surface area (Å²) in [4.78, 5) is 28.0. The van der Waals surface area contributed by atoms with Gasteiger partial charge in [0.1, 0.15) is 11.5 Å². The number of aromatic nitrogens is 2. The number of halogens is 2. The molecule has 5 rings (SSSR count). The second-order valence-electron chi connectivity index (χ2n) is 8.41. The molecule has 4 aromatic rings. The van der Waals surface area contributed by atoms with Gasteiger partial charge in [-0.1, -0.05) is 82.7 Å². The van der Waals surface area contributed by atoms with Crippen LogP contribution in [0.25, 0.3) is 5.76 Å². The molecule has 1 aliphatic rings. The molecule has 0 radical (unpaired) electrons. The van der Waals surface area contributed by atoms with Crippen LogP contribution in [0, 0.1) is 0 Å². The van der Waals surface area contributed by atoms with Crippen molar-refractivity contribution < 1.29 is 19.4 Å². The topological polar surface area (TPSA) is 92.6 Å². The van der Waals surface area contributed by atoms with Gasteiger partial charge in [0, 0.05) is 21.4 Å². The fourth-order valence-electron chi connectivity index (χ4n) is 4.15. The molecule has 1 aliphatic heterocycles. The van der Waals surface area contributed by atoms with Gasteiger partial charge in [-0.25, -0.2) is 0 Å². The summed E-state index contributed by atoms with van der Waals surface area (Å²) in [5.74, 6) is -0.710. The molecule has 1 atom stereocenters. The summed E-state index contributed by atoms with van der Waals surface area (Å²) in [5, 5.41) is 21.1. The highest BCUT2D eigenvalue weighted by molar-refractivity contribution is 8.00. The predicted octanol–water partition coefficient (Wildman–Crippen LogP) is 7.16. The first-order chi connectivity index (χ1) is 18.9. The molecule has 2 heterocycles. The number of ketones is 1. The summed E-state index contributed by atoms with van der Waals surface area (Å²) in [6, 6.07) is 20.2. The lowest BCUT2D eigenvalue weighted by molar-refractivity contribution is -0.132. The van der Waals surface area contributed by atoms with Gasteiger partial charge in [0.25, 0.3) is 5.78 Å². The van der Waals surface area contributed by atoms with Crippen LogP contribution in [0.15, 0.2) is 82.7 Å². The van der Waals surface area contributed by atoms with Gasteiger partial charge in [-0.15, -0.1) is 10.2 Å². The van der Waals surface area contributed by atoms with Gasteiger partial charge in [-0.2, -0.15) is 0 Å². The number of rotatable bonds is 8. The smallest absolute Gasteiger partial charge is 0.301 e. The summed E-state index contributed by atoms with van der Waals surface area (Å²) in [6.45, 7) is 2.37. The molecule has 1 unspecified atom stereocenters. The molecule has 7 nitrogen and oxygen atoms in total. The number of thioether (sulfide) groups is 1. The van der Waals surface area contributed by atoms with Crippen molar-refractivity contribution in [3.8, 4) is 5.75 Å². The third-order valence-corrected chi connectivity index (χ3v) is 8.66. The number of aliphatic hydroxyl groups excluding tert-OH is 1. The van der Waals surface area contributed by atoms with E-state index >= 15 is 0 Å². The Bertz CT molecular complexity index is 1560. The Balaban J connectivity index is 1.50. The van der Waals surface area contributed by atoms with E-state index < -0.39 is 17.7 Å². The van der Waals surface area contributed by atoms with Crippen molar-refractivity contribution in [2.24, 2.45) is 0 Å². The largest absolute Gasteiger partial charge is 0.507 e. The number of Topliss-reactive ketones (excluding diaryl/α,β-unsaturated/α-hetero) is 1. The van der Waals surface area contributed by atoms with E-state index in [1.807, 2.05) is 31.2 Å². The summed E-state index contributed by atoms with van der Waals surface area (Å²) in [5.41, 5.74) is 1.91. The maximum Gasteiger partial charge on any atom is 0.301 e. The molecule has 11 heteroatoms. The van der Waals surface area contributed by atoms with Crippen molar-refractivity contribution in [3.63, 3.8) is 0 Å². The SMILES string of the molecule is CCOc1ccc(/C(O)=C2/C(=O)C(=O)N(c3nnc(SCc4ccc(Cl)cc4Cl)s3)C2c2ccccc2)cc1. The number of nitrogens with zero attached hydrogens (tertiary/aromatic N) is 3. The first-order valence-electron chi connectivity index (χ1n) is 11.9. The average molecular weight is 599 g/mol. The molecule has 3 aromatic carbocycles. The minimum Gasteiger partial charge on any atom is -0.507 e. The molecule has 0 saturated carbocycles. The third-order valence-electron chi connectivity index (χ3n) is 5.97. The quantitative estimate of drug-likeness (QED) is 0.0756. The van der Waals surface area contributed by atoms with Crippen molar-refractivity contribution in [3.05, 3.63) is 105 Å². The van der Waals surface area contributed by atoms with Gasteiger partial charge in [0.05, 0.1) is 18.2 Å². The normalized spacial score (nSPS) is 16.6. The molecular formula is C28H21Cl2N3O4S2. The Morgan fingerprint density at radius 2 is 1.79 bits per heavy atom. The standard InChI is InChI=1S/C28H21Cl2N3O4S2/c1-2-37-20-12-9-17(10-13-20)24(34)22-23(16-6-4-3-5-7-16)33(26(36)25(22)35)27-31-32-28(39-27)38-15-18-8-11-19(29)14-21(18)30/h3-14,23,34H,2,15H2,1H3/b24-22-. The van der Waals surface area contributed by atoms with E-state index in [0.717, 1.165) is 5.56 Å². The molecular weight excluding hydrogens is 577 g/mol. The number of benzene rings is 3. The molecule has 39 heavy (non-hydrogen) atoms. The van der Waals surface area contributed by atoms with Crippen LogP contribution in [0.5, 0.6) is 5.75 Å². The van der Waals surface area contributed by atoms with Crippen LogP contribution in [-0.4, -0.2) is 33.6 Å². The highest BCUT2D eigenvalue weighted by atomic mass is 35.5. The van der Waals surface area contributed by atoms with Crippen LogP contribution in [0.2, 0.25) is 10.0 Å². The maximum absolute atomic E-state index is 13.4. The number of amides is 1. The first-order valence-corrected chi connectivity index (χ1v) is 14.4.